The van der Waals surface area contributed by atoms with Crippen molar-refractivity contribution in [3.63, 3.8) is 0 Å². The largest absolute Gasteiger partial charge is 0.462 e. The first-order chi connectivity index (χ1) is 29.2. The summed E-state index contributed by atoms with van der Waals surface area (Å²) in [4.78, 5) is 40.4. The van der Waals surface area contributed by atoms with Crippen LogP contribution in [-0.2, 0) is 23.9 Å². The Kier molecular flexibility index (Phi) is 18.3. The van der Waals surface area contributed by atoms with Gasteiger partial charge in [-0.3, -0.25) is 14.4 Å². The van der Waals surface area contributed by atoms with Crippen LogP contribution >= 0.6 is 23.2 Å². The predicted octanol–water partition coefficient (Wildman–Crippen LogP) is 14.3. The summed E-state index contributed by atoms with van der Waals surface area (Å²) in [7, 11) is 0. The Balaban J connectivity index is 1.19. The maximum absolute atomic E-state index is 15.7. The molecule has 0 N–H and O–H groups in total. The number of hydrogen-bond acceptors (Lipinski definition) is 5. The third-order valence-electron chi connectivity index (χ3n) is 16.1. The molecule has 0 spiro atoms. The van der Waals surface area contributed by atoms with Crippen LogP contribution in [0.3, 0.4) is 0 Å². The number of alkyl halides is 2. The highest BCUT2D eigenvalue weighted by atomic mass is 35.5. The zero-order valence-electron chi connectivity index (χ0n) is 37.1. The lowest BCUT2D eigenvalue weighted by Gasteiger charge is -2.50. The zero-order chi connectivity index (χ0) is 42.4. The van der Waals surface area contributed by atoms with Crippen molar-refractivity contribution in [2.45, 2.75) is 192 Å². The van der Waals surface area contributed by atoms with E-state index in [-0.39, 0.29) is 46.8 Å². The summed E-state index contributed by atoms with van der Waals surface area (Å²) < 4.78 is 11.8. The summed E-state index contributed by atoms with van der Waals surface area (Å²) in [5, 5.41) is 0. The van der Waals surface area contributed by atoms with Gasteiger partial charge in [0.25, 0.3) is 0 Å². The quantitative estimate of drug-likeness (QED) is 0.0980. The number of benzene rings is 2. The van der Waals surface area contributed by atoms with E-state index in [9.17, 15) is 9.59 Å². The second-order valence-electron chi connectivity index (χ2n) is 19.6. The van der Waals surface area contributed by atoms with Gasteiger partial charge in [0.2, 0.25) is 0 Å². The highest BCUT2D eigenvalue weighted by Crippen LogP contribution is 2.58. The van der Waals surface area contributed by atoms with E-state index >= 15 is 4.79 Å². The minimum Gasteiger partial charge on any atom is -0.462 e. The highest BCUT2D eigenvalue weighted by molar-refractivity contribution is 6.18. The van der Waals surface area contributed by atoms with E-state index in [2.05, 4.69) is 60.7 Å². The Bertz CT molecular complexity index is 1460. The van der Waals surface area contributed by atoms with Crippen LogP contribution in [0.5, 0.6) is 0 Å². The molecular formula is C53H76Cl2O5. The first kappa shape index (κ1) is 47.1. The third kappa shape index (κ3) is 12.0. The average molecular weight is 864 g/mol. The molecule has 0 radical (unpaired) electrons. The van der Waals surface area contributed by atoms with Gasteiger partial charge in [0.1, 0.15) is 18.0 Å². The lowest BCUT2D eigenvalue weighted by atomic mass is 9.55. The standard InChI is InChI=1S/C53H76Cl2O5/c1-3-13-47(56)59-45-23-19-43(20-24-45)52(31-11-37-54)33-27-41(28-34-52)49(39-15-7-5-8-16-39)51(58)50(40-17-9-6-10-18-40)42-29-35-53(36-30-42,32-12-38-55)44-21-25-46(26-22-44)60-48(57)14-4-2/h5-10,15-18,41-46,49-50H,3-4,11-14,19-38H2,1-2H3. The van der Waals surface area contributed by atoms with Gasteiger partial charge in [0, 0.05) is 36.4 Å². The molecule has 332 valence electrons. The van der Waals surface area contributed by atoms with Crippen molar-refractivity contribution in [3.05, 3.63) is 71.8 Å². The summed E-state index contributed by atoms with van der Waals surface area (Å²) in [5.41, 5.74) is 2.83. The van der Waals surface area contributed by atoms with E-state index < -0.39 is 0 Å². The van der Waals surface area contributed by atoms with E-state index in [4.69, 9.17) is 32.7 Å². The smallest absolute Gasteiger partial charge is 0.306 e. The van der Waals surface area contributed by atoms with Crippen molar-refractivity contribution < 1.29 is 23.9 Å². The van der Waals surface area contributed by atoms with Gasteiger partial charge in [0.15, 0.2) is 0 Å². The molecule has 2 atom stereocenters. The fourth-order valence-electron chi connectivity index (χ4n) is 13.0. The lowest BCUT2D eigenvalue weighted by Crippen LogP contribution is -2.42. The van der Waals surface area contributed by atoms with Crippen molar-refractivity contribution >= 4 is 40.9 Å². The van der Waals surface area contributed by atoms with Crippen LogP contribution in [-0.4, -0.2) is 41.7 Å². The highest BCUT2D eigenvalue weighted by Gasteiger charge is 2.49. The monoisotopic (exact) mass is 863 g/mol. The first-order valence-electron chi connectivity index (χ1n) is 24.4. The fraction of sp³-hybridized carbons (Fsp3) is 0.717. The summed E-state index contributed by atoms with van der Waals surface area (Å²) in [6.45, 7) is 4.06. The lowest BCUT2D eigenvalue weighted by molar-refractivity contribution is -0.152. The number of rotatable bonds is 20. The van der Waals surface area contributed by atoms with Crippen LogP contribution < -0.4 is 0 Å². The fourth-order valence-corrected chi connectivity index (χ4v) is 13.3. The Morgan fingerprint density at radius 1 is 0.550 bits per heavy atom. The van der Waals surface area contributed by atoms with Gasteiger partial charge in [-0.25, -0.2) is 0 Å². The molecule has 4 aliphatic rings. The summed E-state index contributed by atoms with van der Waals surface area (Å²) in [5.74, 6) is 3.25. The van der Waals surface area contributed by atoms with E-state index in [1.807, 2.05) is 13.8 Å². The maximum atomic E-state index is 15.7. The van der Waals surface area contributed by atoms with E-state index in [1.54, 1.807) is 0 Å². The molecule has 0 amide bonds. The molecular weight excluding hydrogens is 787 g/mol. The van der Waals surface area contributed by atoms with Gasteiger partial charge < -0.3 is 9.47 Å². The second kappa shape index (κ2) is 23.4. The van der Waals surface area contributed by atoms with E-state index in [0.717, 1.165) is 141 Å². The maximum Gasteiger partial charge on any atom is 0.306 e. The summed E-state index contributed by atoms with van der Waals surface area (Å²) in [6.07, 6.45) is 24.2. The molecule has 4 fully saturated rings. The van der Waals surface area contributed by atoms with Gasteiger partial charge in [-0.05, 0) is 187 Å². The van der Waals surface area contributed by atoms with E-state index in [1.165, 1.54) is 11.1 Å². The van der Waals surface area contributed by atoms with Gasteiger partial charge >= 0.3 is 11.9 Å². The molecule has 2 unspecified atom stereocenters. The number of halogens is 2. The van der Waals surface area contributed by atoms with Crippen LogP contribution in [0.25, 0.3) is 0 Å². The van der Waals surface area contributed by atoms with Crippen molar-refractivity contribution in [1.82, 2.24) is 0 Å². The zero-order valence-corrected chi connectivity index (χ0v) is 38.6. The summed E-state index contributed by atoms with van der Waals surface area (Å²) in [6, 6.07) is 21.5. The molecule has 2 aromatic rings. The number of ketones is 1. The van der Waals surface area contributed by atoms with Crippen LogP contribution in [0, 0.1) is 34.5 Å². The van der Waals surface area contributed by atoms with Gasteiger partial charge in [-0.2, -0.15) is 0 Å². The molecule has 5 nitrogen and oxygen atoms in total. The van der Waals surface area contributed by atoms with Gasteiger partial charge in [-0.15, -0.1) is 23.2 Å². The number of Topliss-reactive ketones (excluding diaryl/α,β-unsaturated/α-hetero) is 1. The van der Waals surface area contributed by atoms with Crippen molar-refractivity contribution in [1.29, 1.82) is 0 Å². The van der Waals surface area contributed by atoms with Crippen LogP contribution in [0.15, 0.2) is 60.7 Å². The molecule has 2 aromatic carbocycles. The van der Waals surface area contributed by atoms with Gasteiger partial charge in [0.05, 0.1) is 0 Å². The molecule has 4 aliphatic carbocycles. The molecule has 0 saturated heterocycles. The molecule has 0 aliphatic heterocycles. The average Bonchev–Trinajstić information content (AvgIpc) is 3.27. The van der Waals surface area contributed by atoms with Crippen molar-refractivity contribution in [3.8, 4) is 0 Å². The van der Waals surface area contributed by atoms with Crippen LogP contribution in [0.1, 0.15) is 191 Å². The predicted molar refractivity (Wildman–Crippen MR) is 246 cm³/mol. The van der Waals surface area contributed by atoms with Crippen LogP contribution in [0.2, 0.25) is 0 Å². The molecule has 0 bridgehead atoms. The molecule has 60 heavy (non-hydrogen) atoms. The number of carbonyl (C=O) groups is 3. The number of carbonyl (C=O) groups excluding carboxylic acids is 3. The number of esters is 2. The minimum atomic E-state index is -0.134. The Morgan fingerprint density at radius 3 is 1.22 bits per heavy atom. The molecule has 4 saturated carbocycles. The SMILES string of the molecule is CCCC(=O)OC1CCC(C2(CCCCl)CCC(C(C(=O)C(c3ccccc3)C3CCC(CCCCl)(C4CCC(OC(=O)CCC)CC4)CC3)c3ccccc3)CC2)CC1. The molecule has 7 heteroatoms. The third-order valence-corrected chi connectivity index (χ3v) is 16.7. The van der Waals surface area contributed by atoms with Gasteiger partial charge in [-0.1, -0.05) is 74.5 Å². The molecule has 0 aromatic heterocycles. The normalized spacial score (nSPS) is 30.8. The van der Waals surface area contributed by atoms with Crippen LogP contribution in [0.4, 0.5) is 0 Å². The second-order valence-corrected chi connectivity index (χ2v) is 20.3. The molecule has 0 heterocycles. The summed E-state index contributed by atoms with van der Waals surface area (Å²) >= 11 is 12.8. The minimum absolute atomic E-state index is 0.0479. The Hall–Kier alpha value is -2.37. The topological polar surface area (TPSA) is 69.7 Å². The number of hydrogen-bond donors (Lipinski definition) is 0. The Labute approximate surface area is 373 Å². The first-order valence-corrected chi connectivity index (χ1v) is 25.5. The van der Waals surface area contributed by atoms with Crippen molar-refractivity contribution in [2.24, 2.45) is 34.5 Å². The van der Waals surface area contributed by atoms with Crippen molar-refractivity contribution in [2.75, 3.05) is 11.8 Å². The Morgan fingerprint density at radius 2 is 0.900 bits per heavy atom. The molecule has 6 rings (SSSR count). The number of ether oxygens (including phenoxy) is 2. The van der Waals surface area contributed by atoms with E-state index in [0.29, 0.717) is 54.1 Å².